The molecule has 1 aromatic heterocycles. The maximum atomic E-state index is 13.1. The number of carboxylic acid groups (broad SMARTS) is 2. The Bertz CT molecular complexity index is 738. The van der Waals surface area contributed by atoms with Gasteiger partial charge in [-0.2, -0.15) is 5.10 Å². The van der Waals surface area contributed by atoms with Crippen molar-refractivity contribution in [2.24, 2.45) is 0 Å². The monoisotopic (exact) mass is 383 g/mol. The van der Waals surface area contributed by atoms with Crippen LogP contribution in [-0.4, -0.2) is 52.3 Å². The zero-order valence-electron chi connectivity index (χ0n) is 14.9. The van der Waals surface area contributed by atoms with Crippen molar-refractivity contribution >= 4 is 22.2 Å². The van der Waals surface area contributed by atoms with Gasteiger partial charge in [-0.3, -0.25) is 0 Å². The average molecular weight is 383 g/mol. The van der Waals surface area contributed by atoms with Crippen molar-refractivity contribution in [1.29, 1.82) is 0 Å². The van der Waals surface area contributed by atoms with E-state index in [-0.39, 0.29) is 11.4 Å². The SMILES string of the molecule is CC([SiH3])C(O)(c1ccc(F)cc1)C(C)(C)n1cncn1.O=C(O)C(=O)O. The molecule has 10 heteroatoms. The van der Waals surface area contributed by atoms with Gasteiger partial charge in [-0.25, -0.2) is 23.6 Å². The number of aromatic nitrogens is 3. The molecule has 0 saturated carbocycles. The zero-order chi connectivity index (χ0) is 20.1. The third-order valence-corrected chi connectivity index (χ3v) is 5.06. The molecule has 0 radical (unpaired) electrons. The van der Waals surface area contributed by atoms with E-state index >= 15 is 0 Å². The highest BCUT2D eigenvalue weighted by Gasteiger charge is 2.49. The van der Waals surface area contributed by atoms with Gasteiger partial charge < -0.3 is 15.3 Å². The molecule has 26 heavy (non-hydrogen) atoms. The number of hydrogen-bond acceptors (Lipinski definition) is 5. The summed E-state index contributed by atoms with van der Waals surface area (Å²) in [5.74, 6) is -3.96. The summed E-state index contributed by atoms with van der Waals surface area (Å²) >= 11 is 0. The van der Waals surface area contributed by atoms with Crippen molar-refractivity contribution in [3.05, 3.63) is 48.3 Å². The highest BCUT2D eigenvalue weighted by molar-refractivity contribution is 6.27. The highest BCUT2D eigenvalue weighted by Crippen LogP contribution is 2.45. The second kappa shape index (κ2) is 8.19. The van der Waals surface area contributed by atoms with Crippen LogP contribution in [0, 0.1) is 5.82 Å². The van der Waals surface area contributed by atoms with Crippen LogP contribution in [-0.2, 0) is 20.7 Å². The number of halogens is 1. The number of carbonyl (C=O) groups is 2. The van der Waals surface area contributed by atoms with Crippen LogP contribution in [0.15, 0.2) is 36.9 Å². The molecule has 142 valence electrons. The van der Waals surface area contributed by atoms with E-state index < -0.39 is 23.1 Å². The molecule has 0 aliphatic carbocycles. The number of hydrogen-bond donors (Lipinski definition) is 3. The lowest BCUT2D eigenvalue weighted by Gasteiger charge is -2.46. The standard InChI is InChI=1S/C14H20FN3OSi.C2H2O4/c1-10(20)14(19,11-4-6-12(15)7-5-11)13(2,3)18-9-16-8-17-18;3-1(4)2(5)6/h4-10,19H,1-3,20H3;(H,3,4)(H,5,6). The average Bonchev–Trinajstić information content (AvgIpc) is 3.10. The molecular formula is C16H22FN3O5Si. The largest absolute Gasteiger partial charge is 0.473 e. The molecule has 2 atom stereocenters. The Morgan fingerprint density at radius 2 is 1.69 bits per heavy atom. The number of benzene rings is 1. The van der Waals surface area contributed by atoms with Crippen LogP contribution in [0.2, 0.25) is 5.54 Å². The van der Waals surface area contributed by atoms with Gasteiger partial charge in [0.1, 0.15) is 24.1 Å². The van der Waals surface area contributed by atoms with Gasteiger partial charge in [0, 0.05) is 10.2 Å². The zero-order valence-corrected chi connectivity index (χ0v) is 16.9. The van der Waals surface area contributed by atoms with Gasteiger partial charge in [0.25, 0.3) is 0 Å². The fourth-order valence-electron chi connectivity index (χ4n) is 2.77. The van der Waals surface area contributed by atoms with Crippen molar-refractivity contribution in [1.82, 2.24) is 14.8 Å². The Kier molecular flexibility index (Phi) is 6.76. The lowest BCUT2D eigenvalue weighted by molar-refractivity contribution is -0.159. The fraction of sp³-hybridized carbons (Fsp3) is 0.375. The minimum absolute atomic E-state index is 0.0483. The third kappa shape index (κ3) is 4.32. The van der Waals surface area contributed by atoms with Crippen LogP contribution >= 0.6 is 0 Å². The van der Waals surface area contributed by atoms with Crippen LogP contribution < -0.4 is 0 Å². The highest BCUT2D eigenvalue weighted by atomic mass is 28.1. The Labute approximate surface area is 152 Å². The van der Waals surface area contributed by atoms with Crippen LogP contribution in [0.5, 0.6) is 0 Å². The first-order valence-electron chi connectivity index (χ1n) is 7.74. The molecule has 0 spiro atoms. The number of nitrogens with zero attached hydrogens (tertiary/aromatic N) is 3. The Morgan fingerprint density at radius 1 is 1.19 bits per heavy atom. The van der Waals surface area contributed by atoms with Crippen molar-refractivity contribution < 1.29 is 29.3 Å². The molecule has 2 aromatic rings. The van der Waals surface area contributed by atoms with Crippen molar-refractivity contribution in [3.63, 3.8) is 0 Å². The molecule has 0 fully saturated rings. The topological polar surface area (TPSA) is 126 Å². The smallest absolute Gasteiger partial charge is 0.414 e. The predicted molar refractivity (Wildman–Crippen MR) is 94.3 cm³/mol. The lowest BCUT2D eigenvalue weighted by Crippen LogP contribution is -2.52. The van der Waals surface area contributed by atoms with Crippen molar-refractivity contribution in [3.8, 4) is 0 Å². The molecule has 0 saturated heterocycles. The molecular weight excluding hydrogens is 361 g/mol. The van der Waals surface area contributed by atoms with E-state index in [9.17, 15) is 9.50 Å². The molecule has 0 aliphatic heterocycles. The van der Waals surface area contributed by atoms with Gasteiger partial charge in [-0.1, -0.05) is 19.1 Å². The molecule has 0 amide bonds. The third-order valence-electron chi connectivity index (χ3n) is 4.23. The first-order valence-corrected chi connectivity index (χ1v) is 8.89. The summed E-state index contributed by atoms with van der Waals surface area (Å²) in [6, 6.07) is 6.04. The van der Waals surface area contributed by atoms with Gasteiger partial charge in [0.15, 0.2) is 0 Å². The number of aliphatic carboxylic acids is 2. The summed E-state index contributed by atoms with van der Waals surface area (Å²) < 4.78 is 14.8. The summed E-state index contributed by atoms with van der Waals surface area (Å²) in [7, 11) is 0.795. The Balaban J connectivity index is 0.000000487. The van der Waals surface area contributed by atoms with E-state index in [1.54, 1.807) is 23.1 Å². The summed E-state index contributed by atoms with van der Waals surface area (Å²) in [6.45, 7) is 5.83. The van der Waals surface area contributed by atoms with Crippen LogP contribution in [0.3, 0.4) is 0 Å². The maximum absolute atomic E-state index is 13.1. The second-order valence-electron chi connectivity index (χ2n) is 6.44. The van der Waals surface area contributed by atoms with Crippen molar-refractivity contribution in [2.45, 2.75) is 37.5 Å². The first-order chi connectivity index (χ1) is 11.9. The minimum Gasteiger partial charge on any atom is -0.473 e. The van der Waals surface area contributed by atoms with Crippen LogP contribution in [0.25, 0.3) is 0 Å². The molecule has 1 heterocycles. The molecule has 3 N–H and O–H groups in total. The summed E-state index contributed by atoms with van der Waals surface area (Å²) in [4.78, 5) is 22.2. The molecule has 2 rings (SSSR count). The van der Waals surface area contributed by atoms with Gasteiger partial charge >= 0.3 is 11.9 Å². The lowest BCUT2D eigenvalue weighted by atomic mass is 9.75. The van der Waals surface area contributed by atoms with Gasteiger partial charge in [0.05, 0.1) is 5.54 Å². The molecule has 8 nitrogen and oxygen atoms in total. The number of aliphatic hydroxyl groups is 1. The summed E-state index contributed by atoms with van der Waals surface area (Å²) in [6.07, 6.45) is 3.04. The molecule has 0 bridgehead atoms. The Hall–Kier alpha value is -2.59. The predicted octanol–water partition coefficient (Wildman–Crippen LogP) is 0.369. The van der Waals surface area contributed by atoms with Crippen molar-refractivity contribution in [2.75, 3.05) is 0 Å². The van der Waals surface area contributed by atoms with E-state index in [0.29, 0.717) is 5.56 Å². The summed E-state index contributed by atoms with van der Waals surface area (Å²) in [5.41, 5.74) is -1.09. The van der Waals surface area contributed by atoms with E-state index in [0.717, 1.165) is 10.2 Å². The van der Waals surface area contributed by atoms with Gasteiger partial charge in [0.2, 0.25) is 0 Å². The van der Waals surface area contributed by atoms with Gasteiger partial charge in [-0.05, 0) is 37.1 Å². The maximum Gasteiger partial charge on any atom is 0.414 e. The van der Waals surface area contributed by atoms with E-state index in [4.69, 9.17) is 19.8 Å². The molecule has 0 aliphatic rings. The number of carboxylic acids is 2. The van der Waals surface area contributed by atoms with E-state index in [1.165, 1.54) is 18.5 Å². The van der Waals surface area contributed by atoms with Crippen LogP contribution in [0.1, 0.15) is 26.3 Å². The van der Waals surface area contributed by atoms with E-state index in [2.05, 4.69) is 10.1 Å². The van der Waals surface area contributed by atoms with E-state index in [1.807, 2.05) is 20.8 Å². The quantitative estimate of drug-likeness (QED) is 0.514. The first kappa shape index (κ1) is 21.4. The van der Waals surface area contributed by atoms with Crippen LogP contribution in [0.4, 0.5) is 4.39 Å². The molecule has 1 aromatic carbocycles. The van der Waals surface area contributed by atoms with Gasteiger partial charge in [-0.15, -0.1) is 0 Å². The normalized spacial score (nSPS) is 14.7. The fourth-order valence-corrected chi connectivity index (χ4v) is 3.81. The number of rotatable bonds is 4. The second-order valence-corrected chi connectivity index (χ2v) is 8.17. The molecule has 2 unspecified atom stereocenters. The summed E-state index contributed by atoms with van der Waals surface area (Å²) in [5, 5.41) is 30.3. The minimum atomic E-state index is -1.82. The Morgan fingerprint density at radius 3 is 2.04 bits per heavy atom.